The van der Waals surface area contributed by atoms with Gasteiger partial charge in [0.25, 0.3) is 0 Å². The highest BCUT2D eigenvalue weighted by Gasteiger charge is 2.09. The molecular weight excluding hydrogens is 215 g/mol. The van der Waals surface area contributed by atoms with Gasteiger partial charge in [-0.15, -0.1) is 0 Å². The minimum absolute atomic E-state index is 0. The van der Waals surface area contributed by atoms with Crippen molar-refractivity contribution in [1.82, 2.24) is 5.06 Å². The Morgan fingerprint density at radius 2 is 1.46 bits per heavy atom. The highest BCUT2D eigenvalue weighted by molar-refractivity contribution is 7.80. The SMILES string of the molecule is CCN(CC)OS(=O)(=O)O.F.F.F. The number of hydrogen-bond donors (Lipinski definition) is 1. The van der Waals surface area contributed by atoms with Crippen LogP contribution in [0.3, 0.4) is 0 Å². The first-order valence-corrected chi connectivity index (χ1v) is 4.28. The summed E-state index contributed by atoms with van der Waals surface area (Å²) in [4.78, 5) is 0. The zero-order chi connectivity index (χ0) is 8.20. The van der Waals surface area contributed by atoms with Crippen LogP contribution in [0.25, 0.3) is 0 Å². The lowest BCUT2D eigenvalue weighted by molar-refractivity contribution is -0.0516. The molecule has 0 fully saturated rings. The Morgan fingerprint density at radius 3 is 1.54 bits per heavy atom. The summed E-state index contributed by atoms with van der Waals surface area (Å²) in [6, 6.07) is 0. The number of hydrogen-bond acceptors (Lipinski definition) is 4. The summed E-state index contributed by atoms with van der Waals surface area (Å²) in [6.45, 7) is 4.26. The van der Waals surface area contributed by atoms with E-state index < -0.39 is 10.4 Å². The standard InChI is InChI=1S/C4H11NO4S.3FH/c1-3-5(4-2)9-10(6,7)8;;;/h3-4H2,1-2H3,(H,6,7,8);3*1H. The number of hydroxylamine groups is 2. The molecule has 9 heteroatoms. The Balaban J connectivity index is -0.000000135. The van der Waals surface area contributed by atoms with E-state index in [0.717, 1.165) is 5.06 Å². The molecule has 0 bridgehead atoms. The van der Waals surface area contributed by atoms with E-state index in [1.807, 2.05) is 0 Å². The molecule has 0 aromatic heterocycles. The number of halogens is 3. The van der Waals surface area contributed by atoms with Crippen molar-refractivity contribution >= 4 is 10.4 Å². The van der Waals surface area contributed by atoms with Gasteiger partial charge in [0.2, 0.25) is 0 Å². The van der Waals surface area contributed by atoms with Crippen molar-refractivity contribution < 1.29 is 31.4 Å². The highest BCUT2D eigenvalue weighted by atomic mass is 32.3. The van der Waals surface area contributed by atoms with Gasteiger partial charge in [0.05, 0.1) is 0 Å². The minimum Gasteiger partial charge on any atom is -0.269 e. The molecule has 1 N–H and O–H groups in total. The molecule has 0 rings (SSSR count). The normalized spacial score (nSPS) is 9.54. The fraction of sp³-hybridized carbons (Fsp3) is 1.00. The van der Waals surface area contributed by atoms with Crippen molar-refractivity contribution in [2.45, 2.75) is 13.8 Å². The molecule has 0 atom stereocenters. The molecule has 5 nitrogen and oxygen atoms in total. The van der Waals surface area contributed by atoms with Crippen molar-refractivity contribution in [1.29, 1.82) is 0 Å². The Labute approximate surface area is 74.7 Å². The Kier molecular flexibility index (Phi) is 17.1. The molecule has 0 aliphatic heterocycles. The van der Waals surface area contributed by atoms with Crippen LogP contribution in [0.4, 0.5) is 14.1 Å². The van der Waals surface area contributed by atoms with Crippen molar-refractivity contribution in [3.8, 4) is 0 Å². The van der Waals surface area contributed by atoms with Gasteiger partial charge < -0.3 is 0 Å². The van der Waals surface area contributed by atoms with Gasteiger partial charge in [-0.05, 0) is 0 Å². The second-order valence-electron chi connectivity index (χ2n) is 1.62. The van der Waals surface area contributed by atoms with E-state index in [9.17, 15) is 8.42 Å². The molecule has 0 aliphatic rings. The molecule has 0 spiro atoms. The van der Waals surface area contributed by atoms with E-state index in [1.165, 1.54) is 0 Å². The van der Waals surface area contributed by atoms with Gasteiger partial charge in [0.1, 0.15) is 0 Å². The molecule has 0 aromatic carbocycles. The maximum absolute atomic E-state index is 10.1. The van der Waals surface area contributed by atoms with Crippen LogP contribution >= 0.6 is 0 Å². The monoisotopic (exact) mass is 229 g/mol. The van der Waals surface area contributed by atoms with E-state index >= 15 is 0 Å². The molecule has 13 heavy (non-hydrogen) atoms. The Morgan fingerprint density at radius 1 is 1.15 bits per heavy atom. The average Bonchev–Trinajstić information content (AvgIpc) is 1.81. The van der Waals surface area contributed by atoms with Gasteiger partial charge in [-0.2, -0.15) is 17.8 Å². The molecule has 86 valence electrons. The third kappa shape index (κ3) is 14.5. The van der Waals surface area contributed by atoms with Crippen LogP contribution in [0.2, 0.25) is 0 Å². The van der Waals surface area contributed by atoms with Gasteiger partial charge >= 0.3 is 10.4 Å². The number of nitrogens with zero attached hydrogens (tertiary/aromatic N) is 1. The van der Waals surface area contributed by atoms with Crippen molar-refractivity contribution in [2.75, 3.05) is 13.1 Å². The van der Waals surface area contributed by atoms with Gasteiger partial charge in [0.15, 0.2) is 0 Å². The molecule has 0 radical (unpaired) electrons. The predicted molar refractivity (Wildman–Crippen MR) is 43.1 cm³/mol. The summed E-state index contributed by atoms with van der Waals surface area (Å²) in [6.07, 6.45) is 0. The van der Waals surface area contributed by atoms with Gasteiger partial charge in [-0.25, -0.2) is 0 Å². The van der Waals surface area contributed by atoms with E-state index in [4.69, 9.17) is 4.55 Å². The molecule has 0 saturated carbocycles. The lowest BCUT2D eigenvalue weighted by atomic mass is 10.6. The summed E-state index contributed by atoms with van der Waals surface area (Å²) < 4.78 is 32.4. The largest absolute Gasteiger partial charge is 0.413 e. The van der Waals surface area contributed by atoms with Gasteiger partial charge in [-0.1, -0.05) is 13.8 Å². The predicted octanol–water partition coefficient (Wildman–Crippen LogP) is 0.520. The first-order chi connectivity index (χ1) is 4.49. The first-order valence-electron chi connectivity index (χ1n) is 2.91. The van der Waals surface area contributed by atoms with Gasteiger partial charge in [0, 0.05) is 13.1 Å². The molecule has 0 heterocycles. The Hall–Kier alpha value is -0.380. The summed E-state index contributed by atoms with van der Waals surface area (Å²) in [5, 5.41) is 1.12. The van der Waals surface area contributed by atoms with Crippen LogP contribution < -0.4 is 0 Å². The topological polar surface area (TPSA) is 66.8 Å². The summed E-state index contributed by atoms with van der Waals surface area (Å²) in [7, 11) is -4.32. The van der Waals surface area contributed by atoms with Crippen molar-refractivity contribution in [3.05, 3.63) is 0 Å². The summed E-state index contributed by atoms with van der Waals surface area (Å²) in [5.41, 5.74) is 0. The fourth-order valence-corrected chi connectivity index (χ4v) is 0.939. The zero-order valence-corrected chi connectivity index (χ0v) is 7.98. The molecule has 0 aliphatic carbocycles. The quantitative estimate of drug-likeness (QED) is 0.562. The molecule has 0 aromatic rings. The first kappa shape index (κ1) is 22.9. The lowest BCUT2D eigenvalue weighted by Gasteiger charge is -2.13. The van der Waals surface area contributed by atoms with Crippen LogP contribution in [0.1, 0.15) is 13.8 Å². The average molecular weight is 229 g/mol. The summed E-state index contributed by atoms with van der Waals surface area (Å²) >= 11 is 0. The molecule has 0 saturated heterocycles. The van der Waals surface area contributed by atoms with E-state index in [0.29, 0.717) is 13.1 Å². The lowest BCUT2D eigenvalue weighted by Crippen LogP contribution is -2.26. The maximum Gasteiger partial charge on any atom is 0.413 e. The van der Waals surface area contributed by atoms with E-state index in [-0.39, 0.29) is 14.1 Å². The molecule has 0 unspecified atom stereocenters. The highest BCUT2D eigenvalue weighted by Crippen LogP contribution is 1.93. The zero-order valence-electron chi connectivity index (χ0n) is 7.17. The molecular formula is C4H14F3NO4S. The fourth-order valence-electron chi connectivity index (χ4n) is 0.462. The third-order valence-corrected chi connectivity index (χ3v) is 1.30. The smallest absolute Gasteiger partial charge is 0.269 e. The van der Waals surface area contributed by atoms with Crippen molar-refractivity contribution in [2.24, 2.45) is 0 Å². The van der Waals surface area contributed by atoms with Crippen LogP contribution in [0.15, 0.2) is 0 Å². The Bertz CT molecular complexity index is 182. The second kappa shape index (κ2) is 9.71. The second-order valence-corrected chi connectivity index (χ2v) is 2.62. The minimum atomic E-state index is -4.32. The maximum atomic E-state index is 10.1. The van der Waals surface area contributed by atoms with Crippen LogP contribution in [0, 0.1) is 0 Å². The van der Waals surface area contributed by atoms with Gasteiger partial charge in [-0.3, -0.25) is 18.7 Å². The summed E-state index contributed by atoms with van der Waals surface area (Å²) in [5.74, 6) is 0. The van der Waals surface area contributed by atoms with E-state index in [2.05, 4.69) is 4.28 Å². The van der Waals surface area contributed by atoms with Crippen LogP contribution in [-0.2, 0) is 14.7 Å². The number of rotatable bonds is 4. The van der Waals surface area contributed by atoms with E-state index in [1.54, 1.807) is 13.8 Å². The molecule has 0 amide bonds. The van der Waals surface area contributed by atoms with Crippen LogP contribution in [0.5, 0.6) is 0 Å². The van der Waals surface area contributed by atoms with Crippen molar-refractivity contribution in [3.63, 3.8) is 0 Å². The third-order valence-electron chi connectivity index (χ3n) is 0.905. The van der Waals surface area contributed by atoms with Crippen LogP contribution in [-0.4, -0.2) is 31.1 Å².